The summed E-state index contributed by atoms with van der Waals surface area (Å²) in [6.45, 7) is 3.18. The van der Waals surface area contributed by atoms with E-state index in [1.807, 2.05) is 26.0 Å². The van der Waals surface area contributed by atoms with Crippen LogP contribution in [0.3, 0.4) is 0 Å². The summed E-state index contributed by atoms with van der Waals surface area (Å²) in [5.74, 6) is -0.271. The Bertz CT molecular complexity index is 543. The van der Waals surface area contributed by atoms with Gasteiger partial charge in [0.15, 0.2) is 0 Å². The maximum absolute atomic E-state index is 12.2. The summed E-state index contributed by atoms with van der Waals surface area (Å²) in [4.78, 5) is 13.9. The fraction of sp³-hybridized carbons (Fsp3) is 0.562. The Hall–Kier alpha value is -1.56. The molecule has 0 aliphatic carbocycles. The molecule has 1 aromatic rings. The summed E-state index contributed by atoms with van der Waals surface area (Å²) in [5, 5.41) is 2.18. The highest BCUT2D eigenvalue weighted by molar-refractivity contribution is 5.79. The van der Waals surface area contributed by atoms with E-state index in [4.69, 9.17) is 0 Å². The molecular weight excluding hydrogens is 293 g/mol. The van der Waals surface area contributed by atoms with Crippen molar-refractivity contribution in [3.05, 3.63) is 34.9 Å². The van der Waals surface area contributed by atoms with Crippen LogP contribution in [0.15, 0.2) is 18.2 Å². The summed E-state index contributed by atoms with van der Waals surface area (Å²) in [7, 11) is 0. The number of rotatable bonds is 4. The van der Waals surface area contributed by atoms with Crippen LogP contribution in [0.1, 0.15) is 35.6 Å². The van der Waals surface area contributed by atoms with Gasteiger partial charge in [-0.05, 0) is 37.8 Å². The van der Waals surface area contributed by atoms with E-state index < -0.39 is 12.7 Å². The Morgan fingerprint density at radius 3 is 2.77 bits per heavy atom. The molecule has 0 bridgehead atoms. The van der Waals surface area contributed by atoms with Crippen LogP contribution in [0.5, 0.6) is 0 Å². The van der Waals surface area contributed by atoms with Crippen LogP contribution in [-0.4, -0.2) is 36.6 Å². The molecule has 1 aliphatic heterocycles. The number of alkyl halides is 3. The normalized spacial score (nSPS) is 18.8. The SMILES string of the molecule is Cc1ccc(C)c([C@@H]2CCCN2C(=O)CNCC(F)(F)F)c1. The minimum atomic E-state index is -4.29. The summed E-state index contributed by atoms with van der Waals surface area (Å²) >= 11 is 0. The first-order chi connectivity index (χ1) is 10.3. The zero-order valence-corrected chi connectivity index (χ0v) is 12.8. The van der Waals surface area contributed by atoms with Crippen LogP contribution >= 0.6 is 0 Å². The van der Waals surface area contributed by atoms with E-state index in [2.05, 4.69) is 11.4 Å². The van der Waals surface area contributed by atoms with Crippen molar-refractivity contribution >= 4 is 5.91 Å². The second-order valence-electron chi connectivity index (χ2n) is 5.82. The topological polar surface area (TPSA) is 32.3 Å². The predicted molar refractivity (Wildman–Crippen MR) is 78.5 cm³/mol. The zero-order valence-electron chi connectivity index (χ0n) is 12.8. The van der Waals surface area contributed by atoms with Crippen LogP contribution in [0.25, 0.3) is 0 Å². The molecule has 3 nitrogen and oxygen atoms in total. The van der Waals surface area contributed by atoms with Gasteiger partial charge in [0.05, 0.1) is 19.1 Å². The number of likely N-dealkylation sites (tertiary alicyclic amines) is 1. The number of hydrogen-bond donors (Lipinski definition) is 1. The molecule has 122 valence electrons. The van der Waals surface area contributed by atoms with Crippen molar-refractivity contribution in [1.29, 1.82) is 0 Å². The number of carbonyl (C=O) groups excluding carboxylic acids is 1. The van der Waals surface area contributed by atoms with Gasteiger partial charge in [-0.2, -0.15) is 13.2 Å². The number of nitrogens with zero attached hydrogens (tertiary/aromatic N) is 1. The molecule has 1 fully saturated rings. The molecule has 1 saturated heterocycles. The summed E-state index contributed by atoms with van der Waals surface area (Å²) < 4.78 is 36.4. The summed E-state index contributed by atoms with van der Waals surface area (Å²) in [6, 6.07) is 6.08. The molecule has 0 aromatic heterocycles. The number of hydrogen-bond acceptors (Lipinski definition) is 2. The van der Waals surface area contributed by atoms with E-state index >= 15 is 0 Å². The average Bonchev–Trinajstić information content (AvgIpc) is 2.89. The number of halogens is 3. The van der Waals surface area contributed by atoms with E-state index in [0.717, 1.165) is 29.5 Å². The van der Waals surface area contributed by atoms with Crippen LogP contribution in [0.4, 0.5) is 13.2 Å². The highest BCUT2D eigenvalue weighted by atomic mass is 19.4. The molecular formula is C16H21F3N2O. The van der Waals surface area contributed by atoms with Gasteiger partial charge < -0.3 is 10.2 Å². The highest BCUT2D eigenvalue weighted by Crippen LogP contribution is 2.34. The number of carbonyl (C=O) groups is 1. The molecule has 6 heteroatoms. The van der Waals surface area contributed by atoms with Gasteiger partial charge >= 0.3 is 6.18 Å². The predicted octanol–water partition coefficient (Wildman–Crippen LogP) is 3.12. The first-order valence-corrected chi connectivity index (χ1v) is 7.42. The van der Waals surface area contributed by atoms with Crippen molar-refractivity contribution in [2.45, 2.75) is 38.9 Å². The van der Waals surface area contributed by atoms with E-state index in [1.54, 1.807) is 4.90 Å². The molecule has 1 N–H and O–H groups in total. The average molecular weight is 314 g/mol. The van der Waals surface area contributed by atoms with E-state index in [9.17, 15) is 18.0 Å². The van der Waals surface area contributed by atoms with Crippen LogP contribution in [0.2, 0.25) is 0 Å². The van der Waals surface area contributed by atoms with E-state index in [-0.39, 0.29) is 18.5 Å². The molecule has 22 heavy (non-hydrogen) atoms. The third-order valence-corrected chi connectivity index (χ3v) is 3.97. The number of aryl methyl sites for hydroxylation is 2. The number of nitrogens with one attached hydrogen (secondary N) is 1. The van der Waals surface area contributed by atoms with Gasteiger partial charge in [0.2, 0.25) is 5.91 Å². The number of amides is 1. The van der Waals surface area contributed by atoms with Crippen molar-refractivity contribution in [2.75, 3.05) is 19.6 Å². The highest BCUT2D eigenvalue weighted by Gasteiger charge is 2.32. The Kier molecular flexibility index (Phi) is 5.11. The van der Waals surface area contributed by atoms with E-state index in [0.29, 0.717) is 6.54 Å². The smallest absolute Gasteiger partial charge is 0.335 e. The molecule has 1 amide bonds. The second kappa shape index (κ2) is 6.69. The molecule has 0 radical (unpaired) electrons. The maximum Gasteiger partial charge on any atom is 0.401 e. The minimum absolute atomic E-state index is 0.0277. The monoisotopic (exact) mass is 314 g/mol. The Labute approximate surface area is 128 Å². The fourth-order valence-electron chi connectivity index (χ4n) is 2.92. The van der Waals surface area contributed by atoms with Crippen molar-refractivity contribution in [2.24, 2.45) is 0 Å². The molecule has 2 rings (SSSR count). The van der Waals surface area contributed by atoms with Gasteiger partial charge in [-0.15, -0.1) is 0 Å². The first kappa shape index (κ1) is 16.8. The molecule has 1 heterocycles. The molecule has 0 unspecified atom stereocenters. The van der Waals surface area contributed by atoms with Crippen molar-refractivity contribution in [3.63, 3.8) is 0 Å². The van der Waals surface area contributed by atoms with Gasteiger partial charge in [0.25, 0.3) is 0 Å². The zero-order chi connectivity index (χ0) is 16.3. The Morgan fingerprint density at radius 2 is 2.09 bits per heavy atom. The third-order valence-electron chi connectivity index (χ3n) is 3.97. The lowest BCUT2D eigenvalue weighted by Crippen LogP contribution is -2.40. The van der Waals surface area contributed by atoms with Gasteiger partial charge in [0.1, 0.15) is 0 Å². The minimum Gasteiger partial charge on any atom is -0.335 e. The lowest BCUT2D eigenvalue weighted by Gasteiger charge is -2.27. The van der Waals surface area contributed by atoms with Gasteiger partial charge in [0, 0.05) is 6.54 Å². The van der Waals surface area contributed by atoms with Crippen LogP contribution in [0, 0.1) is 13.8 Å². The molecule has 1 atom stereocenters. The molecule has 0 spiro atoms. The number of benzene rings is 1. The fourth-order valence-corrected chi connectivity index (χ4v) is 2.92. The molecule has 1 aliphatic rings. The summed E-state index contributed by atoms with van der Waals surface area (Å²) in [5.41, 5.74) is 3.33. The Morgan fingerprint density at radius 1 is 1.36 bits per heavy atom. The molecule has 0 saturated carbocycles. The van der Waals surface area contributed by atoms with Crippen LogP contribution in [-0.2, 0) is 4.79 Å². The second-order valence-corrected chi connectivity index (χ2v) is 5.82. The first-order valence-electron chi connectivity index (χ1n) is 7.42. The van der Waals surface area contributed by atoms with E-state index in [1.165, 1.54) is 0 Å². The Balaban J connectivity index is 2.04. The van der Waals surface area contributed by atoms with Crippen molar-refractivity contribution in [1.82, 2.24) is 10.2 Å². The van der Waals surface area contributed by atoms with Gasteiger partial charge in [-0.1, -0.05) is 23.8 Å². The lowest BCUT2D eigenvalue weighted by atomic mass is 9.97. The van der Waals surface area contributed by atoms with Crippen LogP contribution < -0.4 is 5.32 Å². The quantitative estimate of drug-likeness (QED) is 0.926. The van der Waals surface area contributed by atoms with Crippen molar-refractivity contribution in [3.8, 4) is 0 Å². The van der Waals surface area contributed by atoms with Gasteiger partial charge in [-0.25, -0.2) is 0 Å². The largest absolute Gasteiger partial charge is 0.401 e. The maximum atomic E-state index is 12.2. The lowest BCUT2D eigenvalue weighted by molar-refractivity contribution is -0.134. The standard InChI is InChI=1S/C16H21F3N2O/c1-11-5-6-12(2)13(8-11)14-4-3-7-21(14)15(22)9-20-10-16(17,18)19/h5-6,8,14,20H,3-4,7,9-10H2,1-2H3/t14-/m0/s1. The molecule has 1 aromatic carbocycles. The van der Waals surface area contributed by atoms with Gasteiger partial charge in [-0.3, -0.25) is 4.79 Å². The summed E-state index contributed by atoms with van der Waals surface area (Å²) in [6.07, 6.45) is -2.56. The third kappa shape index (κ3) is 4.22. The van der Waals surface area contributed by atoms with Crippen molar-refractivity contribution < 1.29 is 18.0 Å².